The molecule has 0 aromatic heterocycles. The largest absolute Gasteiger partial charge is 0.343 e. The Hall–Kier alpha value is -0.900. The molecule has 0 bridgehead atoms. The molecule has 44 valence electrons. The van der Waals surface area contributed by atoms with Crippen LogP contribution in [0.2, 0.25) is 0 Å². The van der Waals surface area contributed by atoms with E-state index in [2.05, 4.69) is 5.32 Å². The van der Waals surface area contributed by atoms with Crippen LogP contribution in [0.5, 0.6) is 0 Å². The van der Waals surface area contributed by atoms with E-state index < -0.39 is 6.23 Å². The van der Waals surface area contributed by atoms with Gasteiger partial charge in [-0.15, -0.1) is 0 Å². The lowest BCUT2D eigenvalue weighted by Gasteiger charge is -1.95. The third-order valence-electron chi connectivity index (χ3n) is 0.847. The van der Waals surface area contributed by atoms with E-state index in [0.29, 0.717) is 6.29 Å². The maximum atomic E-state index is 9.87. The van der Waals surface area contributed by atoms with E-state index >= 15 is 0 Å². The quantitative estimate of drug-likeness (QED) is 0.434. The topological polar surface area (TPSA) is 62.2 Å². The van der Waals surface area contributed by atoms with Crippen LogP contribution in [-0.2, 0) is 9.53 Å². The normalized spacial score (nSPS) is 27.5. The Morgan fingerprint density at radius 3 is 3.00 bits per heavy atom. The summed E-state index contributed by atoms with van der Waals surface area (Å²) in [5.41, 5.74) is 0. The molecule has 4 nitrogen and oxygen atoms in total. The molecular formula is C4H6N2O2. The van der Waals surface area contributed by atoms with Crippen LogP contribution in [0.15, 0.2) is 0 Å². The summed E-state index contributed by atoms with van der Waals surface area (Å²) < 4.78 is 4.71. The summed E-state index contributed by atoms with van der Waals surface area (Å²) in [6, 6.07) is 0. The first-order valence-electron chi connectivity index (χ1n) is 2.24. The molecule has 1 atom stereocenters. The molecule has 0 spiro atoms. The second kappa shape index (κ2) is 1.92. The molecule has 1 fully saturated rings. The first-order valence-corrected chi connectivity index (χ1v) is 2.24. The third kappa shape index (κ3) is 0.840. The van der Waals surface area contributed by atoms with Crippen molar-refractivity contribution in [2.45, 2.75) is 6.23 Å². The number of amidine groups is 1. The van der Waals surface area contributed by atoms with Gasteiger partial charge in [-0.1, -0.05) is 0 Å². The first-order chi connectivity index (χ1) is 3.83. The van der Waals surface area contributed by atoms with Gasteiger partial charge in [0, 0.05) is 0 Å². The minimum Gasteiger partial charge on any atom is -0.343 e. The van der Waals surface area contributed by atoms with Crippen LogP contribution in [0.3, 0.4) is 0 Å². The number of rotatable bonds is 1. The van der Waals surface area contributed by atoms with Crippen LogP contribution >= 0.6 is 0 Å². The Kier molecular flexibility index (Phi) is 1.26. The lowest BCUT2D eigenvalue weighted by atomic mass is 10.6. The van der Waals surface area contributed by atoms with Crippen LogP contribution in [-0.4, -0.2) is 25.0 Å². The molecule has 1 unspecified atom stereocenters. The lowest BCUT2D eigenvalue weighted by molar-refractivity contribution is -0.116. The van der Waals surface area contributed by atoms with Crippen molar-refractivity contribution in [2.75, 3.05) is 6.61 Å². The van der Waals surface area contributed by atoms with E-state index in [4.69, 9.17) is 10.1 Å². The highest BCUT2D eigenvalue weighted by Gasteiger charge is 2.16. The molecule has 1 rings (SSSR count). The van der Waals surface area contributed by atoms with Gasteiger partial charge in [0.25, 0.3) is 0 Å². The zero-order chi connectivity index (χ0) is 5.98. The van der Waals surface area contributed by atoms with Crippen LogP contribution in [0, 0.1) is 5.41 Å². The molecule has 1 aliphatic heterocycles. The van der Waals surface area contributed by atoms with Crippen LogP contribution < -0.4 is 5.32 Å². The zero-order valence-electron chi connectivity index (χ0n) is 4.18. The Morgan fingerprint density at radius 1 is 2.00 bits per heavy atom. The van der Waals surface area contributed by atoms with E-state index in [0.717, 1.165) is 0 Å². The minimum absolute atomic E-state index is 0.226. The molecule has 2 N–H and O–H groups in total. The highest BCUT2D eigenvalue weighted by molar-refractivity contribution is 5.84. The fraction of sp³-hybridized carbons (Fsp3) is 0.500. The van der Waals surface area contributed by atoms with Gasteiger partial charge in [-0.05, 0) is 0 Å². The molecule has 0 aromatic carbocycles. The van der Waals surface area contributed by atoms with Gasteiger partial charge >= 0.3 is 0 Å². The third-order valence-corrected chi connectivity index (χ3v) is 0.847. The molecule has 0 aromatic rings. The summed E-state index contributed by atoms with van der Waals surface area (Å²) in [7, 11) is 0. The fourth-order valence-corrected chi connectivity index (χ4v) is 0.501. The van der Waals surface area contributed by atoms with E-state index in [1.807, 2.05) is 0 Å². The number of aldehydes is 1. The van der Waals surface area contributed by atoms with Gasteiger partial charge < -0.3 is 10.1 Å². The van der Waals surface area contributed by atoms with Gasteiger partial charge in [0.1, 0.15) is 12.4 Å². The maximum absolute atomic E-state index is 9.87. The van der Waals surface area contributed by atoms with E-state index in [1.165, 1.54) is 0 Å². The lowest BCUT2D eigenvalue weighted by Crippen LogP contribution is -2.26. The summed E-state index contributed by atoms with van der Waals surface area (Å²) >= 11 is 0. The second-order valence-electron chi connectivity index (χ2n) is 1.49. The Labute approximate surface area is 46.3 Å². The number of ether oxygens (including phenoxy) is 1. The van der Waals surface area contributed by atoms with Gasteiger partial charge in [0.2, 0.25) is 0 Å². The molecule has 4 heteroatoms. The maximum Gasteiger partial charge on any atom is 0.185 e. The van der Waals surface area contributed by atoms with Crippen molar-refractivity contribution >= 4 is 12.1 Å². The molecule has 8 heavy (non-hydrogen) atoms. The molecule has 1 heterocycles. The van der Waals surface area contributed by atoms with Crippen molar-refractivity contribution < 1.29 is 9.53 Å². The van der Waals surface area contributed by atoms with Crippen LogP contribution in [0.25, 0.3) is 0 Å². The standard InChI is InChI=1S/C4H6N2O2/c5-3-2-8-4(1-7)6-3/h1,4H,2H2,(H2,5,6). The van der Waals surface area contributed by atoms with Crippen molar-refractivity contribution in [3.05, 3.63) is 0 Å². The van der Waals surface area contributed by atoms with Gasteiger partial charge in [-0.3, -0.25) is 10.2 Å². The summed E-state index contributed by atoms with van der Waals surface area (Å²) in [5, 5.41) is 9.38. The smallest absolute Gasteiger partial charge is 0.185 e. The number of carbonyl (C=O) groups is 1. The monoisotopic (exact) mass is 114 g/mol. The molecule has 0 radical (unpaired) electrons. The van der Waals surface area contributed by atoms with Gasteiger partial charge in [-0.25, -0.2) is 0 Å². The summed E-state index contributed by atoms with van der Waals surface area (Å²) in [6.07, 6.45) is 0.0455. The van der Waals surface area contributed by atoms with E-state index in [1.54, 1.807) is 0 Å². The highest BCUT2D eigenvalue weighted by atomic mass is 16.5. The van der Waals surface area contributed by atoms with Gasteiger partial charge in [0.05, 0.1) is 0 Å². The van der Waals surface area contributed by atoms with Crippen molar-refractivity contribution in [3.63, 3.8) is 0 Å². The minimum atomic E-state index is -0.581. The molecule has 1 saturated heterocycles. The van der Waals surface area contributed by atoms with Crippen molar-refractivity contribution in [1.29, 1.82) is 5.41 Å². The first kappa shape index (κ1) is 5.24. The SMILES string of the molecule is N=C1COC(C=O)N1. The second-order valence-corrected chi connectivity index (χ2v) is 1.49. The number of hydrogen-bond donors (Lipinski definition) is 2. The van der Waals surface area contributed by atoms with Crippen LogP contribution in [0.4, 0.5) is 0 Å². The zero-order valence-corrected chi connectivity index (χ0v) is 4.18. The number of carbonyl (C=O) groups excluding carboxylic acids is 1. The Bertz CT molecular complexity index is 123. The van der Waals surface area contributed by atoms with Crippen molar-refractivity contribution in [2.24, 2.45) is 0 Å². The average molecular weight is 114 g/mol. The van der Waals surface area contributed by atoms with E-state index in [-0.39, 0.29) is 12.4 Å². The molecule has 1 aliphatic rings. The summed E-state index contributed by atoms with van der Waals surface area (Å²) in [5.74, 6) is 0.266. The molecular weight excluding hydrogens is 108 g/mol. The Balaban J connectivity index is 2.43. The number of hydrogen-bond acceptors (Lipinski definition) is 3. The highest BCUT2D eigenvalue weighted by Crippen LogP contribution is 1.91. The predicted molar refractivity (Wildman–Crippen MR) is 26.7 cm³/mol. The molecule has 0 saturated carbocycles. The summed E-state index contributed by atoms with van der Waals surface area (Å²) in [4.78, 5) is 9.87. The van der Waals surface area contributed by atoms with Crippen molar-refractivity contribution in [1.82, 2.24) is 5.32 Å². The van der Waals surface area contributed by atoms with Crippen molar-refractivity contribution in [3.8, 4) is 0 Å². The summed E-state index contributed by atoms with van der Waals surface area (Å²) in [6.45, 7) is 0.226. The van der Waals surface area contributed by atoms with Gasteiger partial charge in [0.15, 0.2) is 12.5 Å². The number of nitrogens with one attached hydrogen (secondary N) is 2. The molecule has 0 aliphatic carbocycles. The van der Waals surface area contributed by atoms with Gasteiger partial charge in [-0.2, -0.15) is 0 Å². The van der Waals surface area contributed by atoms with Crippen LogP contribution in [0.1, 0.15) is 0 Å². The Morgan fingerprint density at radius 2 is 2.75 bits per heavy atom. The van der Waals surface area contributed by atoms with E-state index in [9.17, 15) is 4.79 Å². The molecule has 0 amide bonds. The fourth-order valence-electron chi connectivity index (χ4n) is 0.501. The predicted octanol–water partition coefficient (Wildman–Crippen LogP) is -0.892. The average Bonchev–Trinajstić information content (AvgIpc) is 2.14.